The first-order valence-electron chi connectivity index (χ1n) is 9.58. The fourth-order valence-corrected chi connectivity index (χ4v) is 4.27. The maximum absolute atomic E-state index is 13.1. The molecule has 3 heterocycles. The van der Waals surface area contributed by atoms with Crippen LogP contribution < -0.4 is 16.6 Å². The van der Waals surface area contributed by atoms with E-state index in [1.54, 1.807) is 52.0 Å². The Bertz CT molecular complexity index is 1400. The lowest BCUT2D eigenvalue weighted by molar-refractivity contribution is -0.120. The van der Waals surface area contributed by atoms with Gasteiger partial charge in [0.1, 0.15) is 10.9 Å². The Kier molecular flexibility index (Phi) is 5.27. The van der Waals surface area contributed by atoms with Gasteiger partial charge in [0.05, 0.1) is 16.6 Å². The van der Waals surface area contributed by atoms with E-state index in [1.807, 2.05) is 0 Å². The summed E-state index contributed by atoms with van der Waals surface area (Å²) in [7, 11) is 0. The van der Waals surface area contributed by atoms with Gasteiger partial charge in [-0.3, -0.25) is 9.59 Å². The number of para-hydroxylation sites is 1. The molecule has 0 fully saturated rings. The van der Waals surface area contributed by atoms with Crippen LogP contribution in [0.25, 0.3) is 21.6 Å². The van der Waals surface area contributed by atoms with Gasteiger partial charge in [-0.05, 0) is 25.0 Å². The van der Waals surface area contributed by atoms with E-state index in [-0.39, 0.29) is 5.92 Å². The summed E-state index contributed by atoms with van der Waals surface area (Å²) in [6, 6.07) is 5.66. The molecule has 11 heteroatoms. The molecular formula is C20H20N6O4S. The number of aromatic amines is 1. The van der Waals surface area contributed by atoms with Crippen LogP contribution in [-0.4, -0.2) is 30.6 Å². The summed E-state index contributed by atoms with van der Waals surface area (Å²) in [5.74, 6) is -0.0402. The Morgan fingerprint density at radius 1 is 1.19 bits per heavy atom. The van der Waals surface area contributed by atoms with Crippen molar-refractivity contribution in [2.45, 2.75) is 33.7 Å². The molecule has 0 saturated heterocycles. The molecule has 1 unspecified atom stereocenters. The van der Waals surface area contributed by atoms with Crippen LogP contribution in [0.5, 0.6) is 0 Å². The second-order valence-corrected chi connectivity index (χ2v) is 8.40. The number of nitrogens with zero attached hydrogens (tertiary/aromatic N) is 4. The second kappa shape index (κ2) is 7.91. The number of fused-ring (bicyclic) bond motifs is 1. The number of aromatic nitrogens is 5. The zero-order valence-corrected chi connectivity index (χ0v) is 18.1. The average molecular weight is 440 g/mol. The molecule has 2 N–H and O–H groups in total. The maximum atomic E-state index is 13.1. The summed E-state index contributed by atoms with van der Waals surface area (Å²) in [4.78, 5) is 50.7. The number of amides is 1. The monoisotopic (exact) mass is 440 g/mol. The molecule has 10 nitrogen and oxygen atoms in total. The van der Waals surface area contributed by atoms with Crippen molar-refractivity contribution in [3.63, 3.8) is 0 Å². The number of rotatable bonds is 5. The van der Waals surface area contributed by atoms with Gasteiger partial charge in [-0.2, -0.15) is 4.98 Å². The molecule has 0 aliphatic carbocycles. The van der Waals surface area contributed by atoms with Crippen LogP contribution in [0.4, 0.5) is 5.13 Å². The number of benzene rings is 1. The van der Waals surface area contributed by atoms with Crippen molar-refractivity contribution < 1.29 is 9.32 Å². The predicted molar refractivity (Wildman–Crippen MR) is 116 cm³/mol. The molecular weight excluding hydrogens is 420 g/mol. The number of H-pyrrole nitrogens is 1. The number of anilines is 1. The lowest BCUT2D eigenvalue weighted by atomic mass is 10.0. The van der Waals surface area contributed by atoms with Gasteiger partial charge in [0.2, 0.25) is 17.6 Å². The molecule has 4 rings (SSSR count). The van der Waals surface area contributed by atoms with E-state index in [4.69, 9.17) is 4.52 Å². The summed E-state index contributed by atoms with van der Waals surface area (Å²) in [6.07, 6.45) is 0. The van der Waals surface area contributed by atoms with Crippen molar-refractivity contribution in [3.05, 3.63) is 56.7 Å². The van der Waals surface area contributed by atoms with E-state index in [9.17, 15) is 14.4 Å². The molecule has 1 atom stereocenters. The summed E-state index contributed by atoms with van der Waals surface area (Å²) >= 11 is 1.19. The quantitative estimate of drug-likeness (QED) is 0.487. The molecule has 0 saturated carbocycles. The number of hydrogen-bond donors (Lipinski definition) is 2. The fourth-order valence-electron chi connectivity index (χ4n) is 3.38. The first-order valence-corrected chi connectivity index (χ1v) is 10.4. The molecule has 31 heavy (non-hydrogen) atoms. The molecule has 3 aromatic heterocycles. The Balaban J connectivity index is 1.71. The molecule has 0 aliphatic rings. The molecule has 1 aromatic carbocycles. The molecule has 0 radical (unpaired) electrons. The summed E-state index contributed by atoms with van der Waals surface area (Å²) in [5.41, 5.74) is -0.113. The highest BCUT2D eigenvalue weighted by molar-refractivity contribution is 7.19. The van der Waals surface area contributed by atoms with Crippen molar-refractivity contribution in [2.75, 3.05) is 5.32 Å². The van der Waals surface area contributed by atoms with Gasteiger partial charge in [-0.15, -0.1) is 0 Å². The first-order chi connectivity index (χ1) is 14.8. The van der Waals surface area contributed by atoms with E-state index in [2.05, 4.69) is 25.4 Å². The minimum atomic E-state index is -1.03. The van der Waals surface area contributed by atoms with Crippen molar-refractivity contribution in [2.24, 2.45) is 5.92 Å². The third-order valence-electron chi connectivity index (χ3n) is 4.77. The van der Waals surface area contributed by atoms with E-state index in [1.165, 1.54) is 11.3 Å². The Labute approximate surface area is 180 Å². The van der Waals surface area contributed by atoms with Crippen LogP contribution in [0.15, 0.2) is 38.4 Å². The fraction of sp³-hybridized carbons (Fsp3) is 0.300. The number of thiazole rings is 1. The smallest absolute Gasteiger partial charge is 0.329 e. The highest BCUT2D eigenvalue weighted by atomic mass is 32.1. The topological polar surface area (TPSA) is 136 Å². The predicted octanol–water partition coefficient (Wildman–Crippen LogP) is 2.65. The van der Waals surface area contributed by atoms with Crippen molar-refractivity contribution in [1.29, 1.82) is 0 Å². The molecule has 0 bridgehead atoms. The molecule has 160 valence electrons. The number of aryl methyl sites for hydroxylation is 2. The van der Waals surface area contributed by atoms with Gasteiger partial charge >= 0.3 is 5.69 Å². The van der Waals surface area contributed by atoms with Crippen LogP contribution in [0.1, 0.15) is 31.5 Å². The number of nitrogens with one attached hydrogen (secondary N) is 2. The zero-order valence-electron chi connectivity index (χ0n) is 17.3. The summed E-state index contributed by atoms with van der Waals surface area (Å²) < 4.78 is 5.97. The summed E-state index contributed by atoms with van der Waals surface area (Å²) in [6.45, 7) is 6.99. The van der Waals surface area contributed by atoms with Gasteiger partial charge in [0.25, 0.3) is 5.56 Å². The minimum Gasteiger partial charge on any atom is -0.339 e. The van der Waals surface area contributed by atoms with Gasteiger partial charge < -0.3 is 14.8 Å². The highest BCUT2D eigenvalue weighted by Crippen LogP contribution is 2.31. The van der Waals surface area contributed by atoms with E-state index in [0.29, 0.717) is 38.3 Å². The Hall–Kier alpha value is -3.60. The average Bonchev–Trinajstić information content (AvgIpc) is 3.29. The Morgan fingerprint density at radius 3 is 2.61 bits per heavy atom. The van der Waals surface area contributed by atoms with Gasteiger partial charge in [-0.1, -0.05) is 42.5 Å². The first kappa shape index (κ1) is 20.7. The molecule has 0 spiro atoms. The van der Waals surface area contributed by atoms with E-state index in [0.717, 1.165) is 4.57 Å². The van der Waals surface area contributed by atoms with E-state index < -0.39 is 23.2 Å². The third kappa shape index (κ3) is 3.79. The van der Waals surface area contributed by atoms with Crippen LogP contribution in [0, 0.1) is 19.8 Å². The number of carbonyl (C=O) groups is 1. The lowest BCUT2D eigenvalue weighted by Crippen LogP contribution is -2.44. The normalized spacial score (nSPS) is 12.4. The van der Waals surface area contributed by atoms with Gasteiger partial charge in [0, 0.05) is 6.92 Å². The molecule has 1 amide bonds. The standard InChI is InChI=1S/C20H20N6O4S/c1-9(2)14(26-18(28)12-7-5-6-8-13(12)23-20(26)29)17(27)24-19-21-10(3)15(31-19)16-22-11(4)30-25-16/h5-9,14H,1-4H3,(H,23,29)(H,21,24,27). The summed E-state index contributed by atoms with van der Waals surface area (Å²) in [5, 5.41) is 7.26. The van der Waals surface area contributed by atoms with Crippen LogP contribution >= 0.6 is 11.3 Å². The van der Waals surface area contributed by atoms with Crippen LogP contribution in [-0.2, 0) is 4.79 Å². The largest absolute Gasteiger partial charge is 0.339 e. The van der Waals surface area contributed by atoms with Gasteiger partial charge in [0.15, 0.2) is 5.13 Å². The van der Waals surface area contributed by atoms with E-state index >= 15 is 0 Å². The molecule has 4 aromatic rings. The lowest BCUT2D eigenvalue weighted by Gasteiger charge is -2.21. The minimum absolute atomic E-state index is 0.316. The number of hydrogen-bond acceptors (Lipinski definition) is 8. The van der Waals surface area contributed by atoms with Crippen LogP contribution in [0.3, 0.4) is 0 Å². The van der Waals surface area contributed by atoms with Gasteiger partial charge in [-0.25, -0.2) is 14.3 Å². The van der Waals surface area contributed by atoms with Crippen molar-refractivity contribution >= 4 is 33.3 Å². The second-order valence-electron chi connectivity index (χ2n) is 7.40. The third-order valence-corrected chi connectivity index (χ3v) is 5.84. The Morgan fingerprint density at radius 2 is 1.94 bits per heavy atom. The molecule has 0 aliphatic heterocycles. The van der Waals surface area contributed by atoms with Crippen LogP contribution in [0.2, 0.25) is 0 Å². The zero-order chi connectivity index (χ0) is 22.3. The maximum Gasteiger partial charge on any atom is 0.329 e. The SMILES string of the molecule is Cc1nc(-c2sc(NC(=O)C(C(C)C)n3c(=O)[nH]c4ccccc4c3=O)nc2C)no1. The van der Waals surface area contributed by atoms with Crippen molar-refractivity contribution in [3.8, 4) is 10.7 Å². The highest BCUT2D eigenvalue weighted by Gasteiger charge is 2.29. The number of carbonyl (C=O) groups excluding carboxylic acids is 1. The van der Waals surface area contributed by atoms with Crippen molar-refractivity contribution in [1.82, 2.24) is 24.7 Å².